The first-order valence-corrected chi connectivity index (χ1v) is 11.0. The van der Waals surface area contributed by atoms with Crippen LogP contribution >= 0.6 is 0 Å². The Balaban J connectivity index is 2.15. The molecule has 22 heavy (non-hydrogen) atoms. The van der Waals surface area contributed by atoms with Gasteiger partial charge in [-0.25, -0.2) is 0 Å². The maximum absolute atomic E-state index is 11.8. The summed E-state index contributed by atoms with van der Waals surface area (Å²) in [4.78, 5) is 23.4. The number of nitrogens with one attached hydrogen (secondary N) is 1. The second-order valence-corrected chi connectivity index (χ2v) is 10.6. The molecule has 0 atom stereocenters. The van der Waals surface area contributed by atoms with Gasteiger partial charge in [0.05, 0.1) is 5.56 Å². The first-order valence-electron chi connectivity index (χ1n) is 7.57. The fourth-order valence-electron chi connectivity index (χ4n) is 1.93. The monoisotopic (exact) mass is 323 g/mol. The van der Waals surface area contributed by atoms with Gasteiger partial charge in [0, 0.05) is 13.0 Å². The molecule has 122 valence electrons. The van der Waals surface area contributed by atoms with Crippen molar-refractivity contribution in [3.05, 3.63) is 29.8 Å². The van der Waals surface area contributed by atoms with Gasteiger partial charge in [-0.2, -0.15) is 0 Å². The molecule has 0 bridgehead atoms. The molecule has 1 amide bonds. The van der Waals surface area contributed by atoms with E-state index in [0.717, 1.165) is 19.3 Å². The number of carbonyl (C=O) groups is 2. The molecule has 0 radical (unpaired) electrons. The van der Waals surface area contributed by atoms with Crippen molar-refractivity contribution in [3.8, 4) is 5.75 Å². The molecule has 0 saturated carbocycles. The molecule has 0 aromatic heterocycles. The molecule has 5 nitrogen and oxygen atoms in total. The SMILES string of the molecule is C[Si](C)(C)OC(=O)CCCCCNC(=O)c1ccccc1O. The third kappa shape index (κ3) is 7.26. The maximum Gasteiger partial charge on any atom is 0.292 e. The van der Waals surface area contributed by atoms with Crippen LogP contribution in [0.25, 0.3) is 0 Å². The molecule has 0 aliphatic heterocycles. The minimum absolute atomic E-state index is 0.0194. The number of carbonyl (C=O) groups excluding carboxylic acids is 2. The summed E-state index contributed by atoms with van der Waals surface area (Å²) < 4.78 is 5.36. The summed E-state index contributed by atoms with van der Waals surface area (Å²) in [7, 11) is -1.78. The van der Waals surface area contributed by atoms with Crippen molar-refractivity contribution in [1.82, 2.24) is 5.32 Å². The van der Waals surface area contributed by atoms with Crippen molar-refractivity contribution in [2.24, 2.45) is 0 Å². The number of amides is 1. The van der Waals surface area contributed by atoms with Crippen LogP contribution < -0.4 is 5.32 Å². The Morgan fingerprint density at radius 3 is 2.45 bits per heavy atom. The smallest absolute Gasteiger partial charge is 0.292 e. The highest BCUT2D eigenvalue weighted by atomic mass is 28.4. The fraction of sp³-hybridized carbons (Fsp3) is 0.500. The van der Waals surface area contributed by atoms with E-state index in [4.69, 9.17) is 4.43 Å². The largest absolute Gasteiger partial charge is 0.520 e. The van der Waals surface area contributed by atoms with Crippen LogP contribution in [0.3, 0.4) is 0 Å². The molecule has 6 heteroatoms. The zero-order chi connectivity index (χ0) is 16.6. The number of hydrogen-bond acceptors (Lipinski definition) is 4. The average molecular weight is 323 g/mol. The Hall–Kier alpha value is -1.82. The number of unbranched alkanes of at least 4 members (excludes halogenated alkanes) is 2. The number of phenolic OH excluding ortho intramolecular Hbond substituents is 1. The Bertz CT molecular complexity index is 511. The van der Waals surface area contributed by atoms with Crippen LogP contribution in [0.1, 0.15) is 36.0 Å². The van der Waals surface area contributed by atoms with Crippen LogP contribution in [0.2, 0.25) is 19.6 Å². The van der Waals surface area contributed by atoms with Crippen molar-refractivity contribution in [2.75, 3.05) is 6.54 Å². The highest BCUT2D eigenvalue weighted by Crippen LogP contribution is 2.15. The Morgan fingerprint density at radius 2 is 1.82 bits per heavy atom. The summed E-state index contributed by atoms with van der Waals surface area (Å²) in [6.45, 7) is 6.48. The summed E-state index contributed by atoms with van der Waals surface area (Å²) in [5.74, 6) is -0.428. The van der Waals surface area contributed by atoms with Crippen LogP contribution in [0.4, 0.5) is 0 Å². The van der Waals surface area contributed by atoms with E-state index in [9.17, 15) is 14.7 Å². The first kappa shape index (κ1) is 18.2. The standard InChI is InChI=1S/C16H25NO4Si/c1-22(2,3)21-15(19)11-5-4-8-12-17-16(20)13-9-6-7-10-14(13)18/h6-7,9-10,18H,4-5,8,11-12H2,1-3H3,(H,17,20). The summed E-state index contributed by atoms with van der Waals surface area (Å²) in [6.07, 6.45) is 2.83. The van der Waals surface area contributed by atoms with Crippen molar-refractivity contribution in [1.29, 1.82) is 0 Å². The number of para-hydroxylation sites is 1. The lowest BCUT2D eigenvalue weighted by Crippen LogP contribution is -2.29. The lowest BCUT2D eigenvalue weighted by atomic mass is 10.1. The summed E-state index contributed by atoms with van der Waals surface area (Å²) in [5.41, 5.74) is 0.279. The minimum Gasteiger partial charge on any atom is -0.520 e. The Morgan fingerprint density at radius 1 is 1.14 bits per heavy atom. The van der Waals surface area contributed by atoms with E-state index in [2.05, 4.69) is 5.32 Å². The van der Waals surface area contributed by atoms with Gasteiger partial charge in [-0.05, 0) is 44.6 Å². The highest BCUT2D eigenvalue weighted by molar-refractivity contribution is 6.71. The van der Waals surface area contributed by atoms with Crippen molar-refractivity contribution >= 4 is 20.2 Å². The number of hydrogen-bond donors (Lipinski definition) is 2. The Labute approximate surface area is 132 Å². The van der Waals surface area contributed by atoms with Crippen LogP contribution in [0.15, 0.2) is 24.3 Å². The quantitative estimate of drug-likeness (QED) is 0.569. The number of phenols is 1. The third-order valence-corrected chi connectivity index (χ3v) is 3.75. The normalized spacial score (nSPS) is 11.0. The maximum atomic E-state index is 11.8. The molecule has 1 aromatic carbocycles. The van der Waals surface area contributed by atoms with E-state index in [1.807, 2.05) is 19.6 Å². The van der Waals surface area contributed by atoms with Gasteiger partial charge in [0.25, 0.3) is 11.9 Å². The highest BCUT2D eigenvalue weighted by Gasteiger charge is 2.19. The first-order chi connectivity index (χ1) is 10.3. The number of rotatable bonds is 8. The van der Waals surface area contributed by atoms with Crippen molar-refractivity contribution in [2.45, 2.75) is 45.3 Å². The lowest BCUT2D eigenvalue weighted by Gasteiger charge is -2.17. The topological polar surface area (TPSA) is 75.6 Å². The summed E-state index contributed by atoms with van der Waals surface area (Å²) in [5, 5.41) is 12.3. The molecule has 1 rings (SSSR count). The lowest BCUT2D eigenvalue weighted by molar-refractivity contribution is -0.135. The van der Waals surface area contributed by atoms with Gasteiger partial charge in [-0.1, -0.05) is 18.6 Å². The van der Waals surface area contributed by atoms with Crippen molar-refractivity contribution < 1.29 is 19.1 Å². The van der Waals surface area contributed by atoms with E-state index in [1.165, 1.54) is 6.07 Å². The Kier molecular flexibility index (Phi) is 7.11. The van der Waals surface area contributed by atoms with Gasteiger partial charge < -0.3 is 14.8 Å². The summed E-state index contributed by atoms with van der Waals surface area (Å²) in [6, 6.07) is 6.44. The third-order valence-electron chi connectivity index (χ3n) is 2.91. The second kappa shape index (κ2) is 8.58. The van der Waals surface area contributed by atoms with Crippen LogP contribution in [-0.2, 0) is 9.22 Å². The van der Waals surface area contributed by atoms with Crippen LogP contribution in [0.5, 0.6) is 5.75 Å². The van der Waals surface area contributed by atoms with Crippen LogP contribution in [-0.4, -0.2) is 31.8 Å². The predicted octanol–water partition coefficient (Wildman–Crippen LogP) is 3.06. The number of benzene rings is 1. The van der Waals surface area contributed by atoms with E-state index in [0.29, 0.717) is 13.0 Å². The van der Waals surface area contributed by atoms with Gasteiger partial charge in [-0.3, -0.25) is 9.59 Å². The van der Waals surface area contributed by atoms with E-state index >= 15 is 0 Å². The molecule has 0 aliphatic rings. The van der Waals surface area contributed by atoms with Gasteiger partial charge in [0.2, 0.25) is 8.32 Å². The van der Waals surface area contributed by atoms with E-state index in [-0.39, 0.29) is 23.2 Å². The van der Waals surface area contributed by atoms with Gasteiger partial charge >= 0.3 is 0 Å². The molecule has 2 N–H and O–H groups in total. The molecule has 0 heterocycles. The van der Waals surface area contributed by atoms with Gasteiger partial charge in [-0.15, -0.1) is 0 Å². The second-order valence-electron chi connectivity index (χ2n) is 6.17. The van der Waals surface area contributed by atoms with Crippen LogP contribution in [0, 0.1) is 0 Å². The zero-order valence-corrected chi connectivity index (χ0v) is 14.5. The predicted molar refractivity (Wildman–Crippen MR) is 88.3 cm³/mol. The number of aromatic hydroxyl groups is 1. The fourth-order valence-corrected chi connectivity index (χ4v) is 2.71. The zero-order valence-electron chi connectivity index (χ0n) is 13.5. The van der Waals surface area contributed by atoms with Gasteiger partial charge in [0.1, 0.15) is 5.75 Å². The molecular weight excluding hydrogens is 298 g/mol. The minimum atomic E-state index is -1.78. The molecule has 0 aliphatic carbocycles. The molecule has 0 unspecified atom stereocenters. The molecule has 1 aromatic rings. The summed E-state index contributed by atoms with van der Waals surface area (Å²) >= 11 is 0. The van der Waals surface area contributed by atoms with E-state index < -0.39 is 8.32 Å². The van der Waals surface area contributed by atoms with E-state index in [1.54, 1.807) is 18.2 Å². The molecule has 0 saturated heterocycles. The average Bonchev–Trinajstić information content (AvgIpc) is 2.41. The molecule has 0 spiro atoms. The molecular formula is C16H25NO4Si. The molecule has 0 fully saturated rings. The van der Waals surface area contributed by atoms with Gasteiger partial charge in [0.15, 0.2) is 0 Å². The van der Waals surface area contributed by atoms with Crippen molar-refractivity contribution in [3.63, 3.8) is 0 Å².